The van der Waals surface area contributed by atoms with E-state index in [1.807, 2.05) is 42.5 Å². The molecule has 0 atom stereocenters. The summed E-state index contributed by atoms with van der Waals surface area (Å²) in [5, 5.41) is 0.928. The summed E-state index contributed by atoms with van der Waals surface area (Å²) in [5.41, 5.74) is 2.01. The lowest BCUT2D eigenvalue weighted by Gasteiger charge is -2.22. The zero-order chi connectivity index (χ0) is 17.6. The molecular weight excluding hydrogens is 318 g/mol. The number of rotatable bonds is 6. The van der Waals surface area contributed by atoms with Gasteiger partial charge in [-0.2, -0.15) is 0 Å². The average Bonchev–Trinajstić information content (AvgIpc) is 2.62. The lowest BCUT2D eigenvalue weighted by molar-refractivity contribution is -0.136. The molecule has 25 heavy (non-hydrogen) atoms. The van der Waals surface area contributed by atoms with Crippen molar-refractivity contribution < 1.29 is 9.53 Å². The highest BCUT2D eigenvalue weighted by Crippen LogP contribution is 2.13. The molecule has 0 radical (unpaired) electrons. The largest absolute Gasteiger partial charge is 0.375 e. The molecule has 2 aromatic heterocycles. The molecule has 0 saturated carbocycles. The van der Waals surface area contributed by atoms with E-state index in [0.717, 1.165) is 16.5 Å². The zero-order valence-electron chi connectivity index (χ0n) is 13.9. The summed E-state index contributed by atoms with van der Waals surface area (Å²) in [7, 11) is 1.48. The Labute approximate surface area is 145 Å². The third kappa shape index (κ3) is 4.10. The smallest absolute Gasteiger partial charge is 0.253 e. The number of hydrogen-bond acceptors (Lipinski definition) is 4. The van der Waals surface area contributed by atoms with Crippen molar-refractivity contribution in [2.24, 2.45) is 0 Å². The highest BCUT2D eigenvalue weighted by molar-refractivity contribution is 5.79. The monoisotopic (exact) mass is 337 g/mol. The van der Waals surface area contributed by atoms with Crippen LogP contribution in [0.2, 0.25) is 0 Å². The molecule has 0 aliphatic carbocycles. The van der Waals surface area contributed by atoms with E-state index in [9.17, 15) is 9.59 Å². The Morgan fingerprint density at radius 3 is 2.80 bits per heavy atom. The average molecular weight is 337 g/mol. The summed E-state index contributed by atoms with van der Waals surface area (Å²) in [6, 6.07) is 13.1. The molecule has 0 saturated heterocycles. The predicted molar refractivity (Wildman–Crippen MR) is 94.9 cm³/mol. The number of para-hydroxylation sites is 1. The molecule has 0 aliphatic rings. The second-order valence-corrected chi connectivity index (χ2v) is 5.76. The highest BCUT2D eigenvalue weighted by atomic mass is 16.5. The van der Waals surface area contributed by atoms with Crippen LogP contribution >= 0.6 is 0 Å². The van der Waals surface area contributed by atoms with Crippen LogP contribution < -0.4 is 5.56 Å². The van der Waals surface area contributed by atoms with Gasteiger partial charge in [0, 0.05) is 37.1 Å². The standard InChI is InChI=1S/C19H19N3O3/c1-25-13-18(23)22(11-14-5-4-8-20-10-14)12-16-9-15-6-2-3-7-17(15)21-19(16)24/h2-10H,11-13H2,1H3,(H,21,24). The van der Waals surface area contributed by atoms with Crippen LogP contribution in [0, 0.1) is 0 Å². The summed E-state index contributed by atoms with van der Waals surface area (Å²) in [5.74, 6) is -0.182. The van der Waals surface area contributed by atoms with Gasteiger partial charge in [0.2, 0.25) is 5.91 Å². The molecule has 0 spiro atoms. The Morgan fingerprint density at radius 1 is 1.20 bits per heavy atom. The van der Waals surface area contributed by atoms with Gasteiger partial charge in [-0.05, 0) is 29.1 Å². The van der Waals surface area contributed by atoms with Gasteiger partial charge < -0.3 is 14.6 Å². The number of aromatic nitrogens is 2. The van der Waals surface area contributed by atoms with E-state index in [1.54, 1.807) is 17.3 Å². The minimum atomic E-state index is -0.194. The number of methoxy groups -OCH3 is 1. The number of pyridine rings is 2. The SMILES string of the molecule is COCC(=O)N(Cc1cccnc1)Cc1cc2ccccc2[nH]c1=O. The first-order valence-corrected chi connectivity index (χ1v) is 7.94. The fraction of sp³-hybridized carbons (Fsp3) is 0.211. The summed E-state index contributed by atoms with van der Waals surface area (Å²) in [4.78, 5) is 33.3. The summed E-state index contributed by atoms with van der Waals surface area (Å²) >= 11 is 0. The molecule has 3 rings (SSSR count). The highest BCUT2D eigenvalue weighted by Gasteiger charge is 2.16. The molecule has 1 aromatic carbocycles. The van der Waals surface area contributed by atoms with Gasteiger partial charge in [-0.3, -0.25) is 14.6 Å². The van der Waals surface area contributed by atoms with Crippen molar-refractivity contribution in [3.05, 3.63) is 76.3 Å². The van der Waals surface area contributed by atoms with Gasteiger partial charge in [0.1, 0.15) is 6.61 Å². The van der Waals surface area contributed by atoms with Crippen LogP contribution in [0.1, 0.15) is 11.1 Å². The number of amides is 1. The van der Waals surface area contributed by atoms with Crippen molar-refractivity contribution in [2.45, 2.75) is 13.1 Å². The van der Waals surface area contributed by atoms with Gasteiger partial charge in [0.15, 0.2) is 0 Å². The van der Waals surface area contributed by atoms with Gasteiger partial charge in [-0.15, -0.1) is 0 Å². The number of carbonyl (C=O) groups is 1. The molecular formula is C19H19N3O3. The van der Waals surface area contributed by atoms with Crippen molar-refractivity contribution in [1.29, 1.82) is 0 Å². The van der Waals surface area contributed by atoms with Gasteiger partial charge in [0.05, 0.1) is 6.54 Å². The minimum Gasteiger partial charge on any atom is -0.375 e. The summed E-state index contributed by atoms with van der Waals surface area (Å²) < 4.78 is 4.97. The Balaban J connectivity index is 1.90. The minimum absolute atomic E-state index is 0.0360. The number of fused-ring (bicyclic) bond motifs is 1. The van der Waals surface area contributed by atoms with E-state index >= 15 is 0 Å². The quantitative estimate of drug-likeness (QED) is 0.747. The number of carbonyl (C=O) groups excluding carboxylic acids is 1. The van der Waals surface area contributed by atoms with Crippen molar-refractivity contribution in [2.75, 3.05) is 13.7 Å². The van der Waals surface area contributed by atoms with E-state index in [2.05, 4.69) is 9.97 Å². The van der Waals surface area contributed by atoms with Crippen molar-refractivity contribution in [3.63, 3.8) is 0 Å². The van der Waals surface area contributed by atoms with Crippen molar-refractivity contribution >= 4 is 16.8 Å². The lowest BCUT2D eigenvalue weighted by Crippen LogP contribution is -2.34. The summed E-state index contributed by atoms with van der Waals surface area (Å²) in [6.07, 6.45) is 3.39. The van der Waals surface area contributed by atoms with Crippen LogP contribution in [0.5, 0.6) is 0 Å². The molecule has 2 heterocycles. The van der Waals surface area contributed by atoms with E-state index in [4.69, 9.17) is 4.74 Å². The van der Waals surface area contributed by atoms with Crippen molar-refractivity contribution in [1.82, 2.24) is 14.9 Å². The number of ether oxygens (including phenoxy) is 1. The number of nitrogens with zero attached hydrogens (tertiary/aromatic N) is 2. The molecule has 0 aliphatic heterocycles. The number of H-pyrrole nitrogens is 1. The van der Waals surface area contributed by atoms with Crippen LogP contribution in [-0.2, 0) is 22.6 Å². The molecule has 1 N–H and O–H groups in total. The molecule has 0 bridgehead atoms. The first kappa shape index (κ1) is 16.9. The Bertz CT molecular complexity index is 922. The van der Waals surface area contributed by atoms with Crippen LogP contribution in [0.25, 0.3) is 10.9 Å². The molecule has 0 unspecified atom stereocenters. The second kappa shape index (κ2) is 7.72. The fourth-order valence-electron chi connectivity index (χ4n) is 2.67. The molecule has 3 aromatic rings. The maximum Gasteiger partial charge on any atom is 0.253 e. The van der Waals surface area contributed by atoms with Gasteiger partial charge in [0.25, 0.3) is 5.56 Å². The second-order valence-electron chi connectivity index (χ2n) is 5.76. The molecule has 1 amide bonds. The Kier molecular flexibility index (Phi) is 5.20. The van der Waals surface area contributed by atoms with Crippen LogP contribution in [0.3, 0.4) is 0 Å². The normalized spacial score (nSPS) is 10.8. The van der Waals surface area contributed by atoms with Gasteiger partial charge >= 0.3 is 0 Å². The maximum atomic E-state index is 12.4. The zero-order valence-corrected chi connectivity index (χ0v) is 13.9. The predicted octanol–water partition coefficient (Wildman–Crippen LogP) is 2.10. The lowest BCUT2D eigenvalue weighted by atomic mass is 10.1. The van der Waals surface area contributed by atoms with E-state index in [0.29, 0.717) is 12.1 Å². The van der Waals surface area contributed by atoms with Gasteiger partial charge in [-0.1, -0.05) is 24.3 Å². The number of benzene rings is 1. The first-order valence-electron chi connectivity index (χ1n) is 7.94. The van der Waals surface area contributed by atoms with Gasteiger partial charge in [-0.25, -0.2) is 0 Å². The number of nitrogens with one attached hydrogen (secondary N) is 1. The molecule has 6 nitrogen and oxygen atoms in total. The Hall–Kier alpha value is -2.99. The number of aromatic amines is 1. The molecule has 128 valence electrons. The van der Waals surface area contributed by atoms with Crippen LogP contribution in [-0.4, -0.2) is 34.5 Å². The van der Waals surface area contributed by atoms with Crippen LogP contribution in [0.15, 0.2) is 59.7 Å². The van der Waals surface area contributed by atoms with E-state index in [1.165, 1.54) is 7.11 Å². The topological polar surface area (TPSA) is 75.3 Å². The Morgan fingerprint density at radius 2 is 2.04 bits per heavy atom. The van der Waals surface area contributed by atoms with Crippen molar-refractivity contribution in [3.8, 4) is 0 Å². The van der Waals surface area contributed by atoms with E-state index < -0.39 is 0 Å². The third-order valence-electron chi connectivity index (χ3n) is 3.91. The molecule has 6 heteroatoms. The maximum absolute atomic E-state index is 12.4. The third-order valence-corrected chi connectivity index (χ3v) is 3.91. The number of hydrogen-bond donors (Lipinski definition) is 1. The summed E-state index contributed by atoms with van der Waals surface area (Å²) in [6.45, 7) is 0.533. The van der Waals surface area contributed by atoms with Crippen LogP contribution in [0.4, 0.5) is 0 Å². The first-order chi connectivity index (χ1) is 12.2. The molecule has 0 fully saturated rings. The van der Waals surface area contributed by atoms with E-state index in [-0.39, 0.29) is 24.6 Å². The fourth-order valence-corrected chi connectivity index (χ4v) is 2.67.